The number of aliphatic carboxylic acids is 1. The van der Waals surface area contributed by atoms with E-state index in [0.717, 1.165) is 7.05 Å². The maximum Gasteiger partial charge on any atom is 0.509 e. The molecule has 0 aromatic rings. The minimum absolute atomic E-state index is 0.0741. The van der Waals surface area contributed by atoms with E-state index in [1.54, 1.807) is 0 Å². The third kappa shape index (κ3) is 1.97. The van der Waals surface area contributed by atoms with E-state index in [-0.39, 0.29) is 13.0 Å². The molecule has 7 heteroatoms. The van der Waals surface area contributed by atoms with E-state index >= 15 is 0 Å². The maximum atomic E-state index is 12.2. The number of alkyl halides is 3. The van der Waals surface area contributed by atoms with Crippen LogP contribution in [-0.4, -0.2) is 47.3 Å². The van der Waals surface area contributed by atoms with E-state index in [0.29, 0.717) is 6.42 Å². The van der Waals surface area contributed by atoms with Crippen LogP contribution in [0.1, 0.15) is 12.8 Å². The molecule has 1 unspecified atom stereocenters. The van der Waals surface area contributed by atoms with Gasteiger partial charge in [-0.25, -0.2) is 14.1 Å². The Labute approximate surface area is 83.9 Å². The molecule has 1 aliphatic heterocycles. The Hall–Kier alpha value is -1.11. The quantitative estimate of drug-likeness (QED) is 0.672. The predicted molar refractivity (Wildman–Crippen MR) is 42.8 cm³/mol. The molecule has 2 atom stereocenters. The van der Waals surface area contributed by atoms with E-state index < -0.39 is 28.6 Å². The molecule has 1 fully saturated rings. The van der Waals surface area contributed by atoms with E-state index in [9.17, 15) is 22.8 Å². The lowest BCUT2D eigenvalue weighted by Gasteiger charge is -2.30. The number of carboxylic acid groups (broad SMARTS) is 1. The van der Waals surface area contributed by atoms with Crippen LogP contribution in [0, 0.1) is 0 Å². The van der Waals surface area contributed by atoms with Gasteiger partial charge in [0.2, 0.25) is 0 Å². The van der Waals surface area contributed by atoms with Gasteiger partial charge in [0.05, 0.1) is 13.6 Å². The summed E-state index contributed by atoms with van der Waals surface area (Å²) >= 11 is 0. The van der Waals surface area contributed by atoms with Crippen molar-refractivity contribution in [2.24, 2.45) is 0 Å². The molecule has 1 heterocycles. The van der Waals surface area contributed by atoms with Crippen molar-refractivity contribution in [2.75, 3.05) is 13.6 Å². The highest BCUT2D eigenvalue weighted by molar-refractivity contribution is 5.80. The second-order valence-corrected chi connectivity index (χ2v) is 3.79. The first kappa shape index (κ1) is 12.0. The van der Waals surface area contributed by atoms with Crippen LogP contribution in [0.2, 0.25) is 0 Å². The van der Waals surface area contributed by atoms with Crippen LogP contribution in [0.25, 0.3) is 0 Å². The third-order valence-electron chi connectivity index (χ3n) is 2.78. The van der Waals surface area contributed by atoms with Gasteiger partial charge in [-0.15, -0.1) is 0 Å². The van der Waals surface area contributed by atoms with Gasteiger partial charge in [0.1, 0.15) is 0 Å². The van der Waals surface area contributed by atoms with E-state index in [1.807, 2.05) is 0 Å². The lowest BCUT2D eigenvalue weighted by atomic mass is 10.2. The van der Waals surface area contributed by atoms with Gasteiger partial charge in [-0.2, -0.15) is 13.2 Å². The van der Waals surface area contributed by atoms with Crippen molar-refractivity contribution in [1.82, 2.24) is 0 Å². The summed E-state index contributed by atoms with van der Waals surface area (Å²) in [5, 5.41) is 8.73. The van der Waals surface area contributed by atoms with Crippen LogP contribution < -0.4 is 0 Å². The van der Waals surface area contributed by atoms with Gasteiger partial charge in [0.15, 0.2) is 6.04 Å². The zero-order valence-electron chi connectivity index (χ0n) is 8.04. The van der Waals surface area contributed by atoms with Gasteiger partial charge >= 0.3 is 18.1 Å². The van der Waals surface area contributed by atoms with Crippen molar-refractivity contribution < 1.29 is 32.3 Å². The number of carbonyl (C=O) groups is 2. The van der Waals surface area contributed by atoms with Crippen molar-refractivity contribution >= 4 is 11.9 Å². The second-order valence-electron chi connectivity index (χ2n) is 3.79. The smallest absolute Gasteiger partial charge is 0.477 e. The van der Waals surface area contributed by atoms with Crippen molar-refractivity contribution in [1.29, 1.82) is 0 Å². The summed E-state index contributed by atoms with van der Waals surface area (Å²) in [4.78, 5) is 21.8. The first-order chi connectivity index (χ1) is 6.69. The molecule has 15 heavy (non-hydrogen) atoms. The van der Waals surface area contributed by atoms with Gasteiger partial charge < -0.3 is 5.11 Å². The molecule has 4 nitrogen and oxygen atoms in total. The van der Waals surface area contributed by atoms with E-state index in [4.69, 9.17) is 5.11 Å². The lowest BCUT2D eigenvalue weighted by Crippen LogP contribution is -2.60. The molecule has 0 saturated carbocycles. The SMILES string of the molecule is C[N@+]1(C(=O)C(F)(F)F)CCCC1C(=O)O. The molecule has 1 N–H and O–H groups in total. The Morgan fingerprint density at radius 2 is 1.93 bits per heavy atom. The number of hydrogen-bond donors (Lipinski definition) is 1. The fraction of sp³-hybridized carbons (Fsp3) is 0.750. The molecule has 1 amide bonds. The van der Waals surface area contributed by atoms with Gasteiger partial charge in [0, 0.05) is 12.8 Å². The second kappa shape index (κ2) is 3.48. The van der Waals surface area contributed by atoms with Crippen LogP contribution in [-0.2, 0) is 9.59 Å². The van der Waals surface area contributed by atoms with Crippen LogP contribution >= 0.6 is 0 Å². The van der Waals surface area contributed by atoms with E-state index in [1.165, 1.54) is 0 Å². The minimum Gasteiger partial charge on any atom is -0.477 e. The van der Waals surface area contributed by atoms with Crippen molar-refractivity contribution in [3.8, 4) is 0 Å². The number of likely N-dealkylation sites (N-methyl/N-ethyl adjacent to an activating group) is 1. The molecular weight excluding hydrogens is 215 g/mol. The number of carboxylic acids is 1. The number of amides is 1. The van der Waals surface area contributed by atoms with Gasteiger partial charge in [-0.05, 0) is 0 Å². The molecule has 1 rings (SSSR count). The zero-order valence-corrected chi connectivity index (χ0v) is 8.04. The molecule has 0 aromatic carbocycles. The highest BCUT2D eigenvalue weighted by atomic mass is 19.4. The first-order valence-corrected chi connectivity index (χ1v) is 4.39. The van der Waals surface area contributed by atoms with E-state index in [2.05, 4.69) is 0 Å². The van der Waals surface area contributed by atoms with Crippen LogP contribution in [0.4, 0.5) is 13.2 Å². The Bertz CT molecular complexity index is 302. The van der Waals surface area contributed by atoms with Crippen LogP contribution in [0.3, 0.4) is 0 Å². The summed E-state index contributed by atoms with van der Waals surface area (Å²) in [6.07, 6.45) is -4.56. The summed E-state index contributed by atoms with van der Waals surface area (Å²) in [7, 11) is 1.03. The van der Waals surface area contributed by atoms with Crippen molar-refractivity contribution in [2.45, 2.75) is 25.1 Å². The number of halogens is 3. The predicted octanol–water partition coefficient (Wildman–Crippen LogP) is 0.769. The summed E-state index contributed by atoms with van der Waals surface area (Å²) in [5.41, 5.74) is 0. The number of hydrogen-bond acceptors (Lipinski definition) is 2. The molecule has 0 bridgehead atoms. The highest BCUT2D eigenvalue weighted by Gasteiger charge is 2.59. The minimum atomic E-state index is -4.98. The number of rotatable bonds is 1. The molecule has 0 aliphatic carbocycles. The largest absolute Gasteiger partial charge is 0.509 e. The monoisotopic (exact) mass is 226 g/mol. The van der Waals surface area contributed by atoms with Gasteiger partial charge in [-0.3, -0.25) is 0 Å². The zero-order chi connectivity index (χ0) is 11.9. The highest BCUT2D eigenvalue weighted by Crippen LogP contribution is 2.31. The van der Waals surface area contributed by atoms with Crippen molar-refractivity contribution in [3.05, 3.63) is 0 Å². The molecule has 0 spiro atoms. The van der Waals surface area contributed by atoms with Crippen molar-refractivity contribution in [3.63, 3.8) is 0 Å². The van der Waals surface area contributed by atoms with Gasteiger partial charge in [0.25, 0.3) is 0 Å². The molecule has 1 saturated heterocycles. The molecular formula is C8H11F3NO3+. The maximum absolute atomic E-state index is 12.2. The Morgan fingerprint density at radius 3 is 2.33 bits per heavy atom. The average Bonchev–Trinajstić information content (AvgIpc) is 2.45. The number of likely N-dealkylation sites (tertiary alicyclic amines) is 1. The Morgan fingerprint density at radius 1 is 1.40 bits per heavy atom. The summed E-state index contributed by atoms with van der Waals surface area (Å²) in [6.45, 7) is -0.0741. The first-order valence-electron chi connectivity index (χ1n) is 4.39. The molecule has 1 aliphatic rings. The van der Waals surface area contributed by atoms with Crippen LogP contribution in [0.15, 0.2) is 0 Å². The topological polar surface area (TPSA) is 54.4 Å². The molecule has 86 valence electrons. The number of carbonyl (C=O) groups excluding carboxylic acids is 1. The fourth-order valence-corrected chi connectivity index (χ4v) is 1.95. The molecule has 0 aromatic heterocycles. The normalized spacial score (nSPS) is 31.6. The fourth-order valence-electron chi connectivity index (χ4n) is 1.95. The number of quaternary nitrogens is 1. The Balaban J connectivity index is 3.00. The third-order valence-corrected chi connectivity index (χ3v) is 2.78. The Kier molecular flexibility index (Phi) is 2.77. The summed E-state index contributed by atoms with van der Waals surface area (Å²) in [5.74, 6) is -3.33. The summed E-state index contributed by atoms with van der Waals surface area (Å²) in [6, 6.07) is -1.28. The number of nitrogens with zero attached hydrogens (tertiary/aromatic N) is 1. The van der Waals surface area contributed by atoms with Gasteiger partial charge in [-0.1, -0.05) is 0 Å². The lowest BCUT2D eigenvalue weighted by molar-refractivity contribution is -0.843. The van der Waals surface area contributed by atoms with Crippen LogP contribution in [0.5, 0.6) is 0 Å². The average molecular weight is 226 g/mol. The molecule has 0 radical (unpaired) electrons. The standard InChI is InChI=1S/C8H10F3NO3/c1-12(7(15)8(9,10)11)4-2-3-5(12)6(13)14/h5H,2-4H2,1H3/p+1/t5?,12-/m0/s1. The summed E-state index contributed by atoms with van der Waals surface area (Å²) < 4.78 is 35.6.